The van der Waals surface area contributed by atoms with E-state index < -0.39 is 0 Å². The maximum atomic E-state index is 5.99. The highest BCUT2D eigenvalue weighted by Gasteiger charge is 2.28. The summed E-state index contributed by atoms with van der Waals surface area (Å²) in [5, 5.41) is 0. The van der Waals surface area contributed by atoms with E-state index in [0.717, 1.165) is 40.8 Å². The Morgan fingerprint density at radius 3 is 2.62 bits per heavy atom. The largest absolute Gasteiger partial charge is 0.310 e. The van der Waals surface area contributed by atoms with Crippen LogP contribution in [0.25, 0.3) is 11.2 Å². The second-order valence-corrected chi connectivity index (χ2v) is 7.14. The molecular formula is C17H24ClN3. The second kappa shape index (κ2) is 5.96. The maximum absolute atomic E-state index is 5.99. The number of pyridine rings is 1. The standard InChI is InChI=1S/C17H24ClN3/c1-11-6-12(2)8-14(7-11)21-16(4-5-18)20-15-9-13(3)10-19-17(15)21/h9-12,14H,4-8H2,1-3H3. The molecule has 21 heavy (non-hydrogen) atoms. The summed E-state index contributed by atoms with van der Waals surface area (Å²) in [6.07, 6.45) is 6.54. The molecule has 1 aliphatic rings. The molecule has 1 saturated carbocycles. The van der Waals surface area contributed by atoms with Gasteiger partial charge in [-0.3, -0.25) is 0 Å². The van der Waals surface area contributed by atoms with E-state index in [4.69, 9.17) is 16.6 Å². The smallest absolute Gasteiger partial charge is 0.160 e. The van der Waals surface area contributed by atoms with E-state index in [1.165, 1.54) is 19.3 Å². The van der Waals surface area contributed by atoms with E-state index in [9.17, 15) is 0 Å². The van der Waals surface area contributed by atoms with E-state index in [0.29, 0.717) is 11.9 Å². The van der Waals surface area contributed by atoms with Crippen molar-refractivity contribution in [1.82, 2.24) is 14.5 Å². The monoisotopic (exact) mass is 305 g/mol. The molecule has 2 heterocycles. The lowest BCUT2D eigenvalue weighted by Gasteiger charge is -2.33. The van der Waals surface area contributed by atoms with Crippen LogP contribution in [0.1, 0.15) is 50.5 Å². The van der Waals surface area contributed by atoms with Gasteiger partial charge >= 0.3 is 0 Å². The van der Waals surface area contributed by atoms with E-state index in [1.54, 1.807) is 0 Å². The summed E-state index contributed by atoms with van der Waals surface area (Å²) in [5.74, 6) is 3.25. The Balaban J connectivity index is 2.08. The van der Waals surface area contributed by atoms with Crippen LogP contribution in [0.4, 0.5) is 0 Å². The normalized spacial score (nSPS) is 26.4. The predicted molar refractivity (Wildman–Crippen MR) is 87.9 cm³/mol. The molecule has 0 amide bonds. The fourth-order valence-electron chi connectivity index (χ4n) is 3.89. The Kier molecular flexibility index (Phi) is 4.21. The lowest BCUT2D eigenvalue weighted by Crippen LogP contribution is -2.24. The molecule has 4 heteroatoms. The van der Waals surface area contributed by atoms with Crippen LogP contribution >= 0.6 is 11.6 Å². The first-order valence-electron chi connectivity index (χ1n) is 7.98. The van der Waals surface area contributed by atoms with Gasteiger partial charge in [0.1, 0.15) is 11.3 Å². The number of hydrogen-bond acceptors (Lipinski definition) is 2. The predicted octanol–water partition coefficient (Wildman–Crippen LogP) is 4.52. The van der Waals surface area contributed by atoms with Crippen LogP contribution in [0.15, 0.2) is 12.3 Å². The average molecular weight is 306 g/mol. The Morgan fingerprint density at radius 1 is 1.24 bits per heavy atom. The van der Waals surface area contributed by atoms with Crippen molar-refractivity contribution in [1.29, 1.82) is 0 Å². The van der Waals surface area contributed by atoms with Gasteiger partial charge in [0, 0.05) is 24.5 Å². The van der Waals surface area contributed by atoms with Crippen LogP contribution in [-0.4, -0.2) is 20.4 Å². The van der Waals surface area contributed by atoms with Crippen molar-refractivity contribution in [3.8, 4) is 0 Å². The summed E-state index contributed by atoms with van der Waals surface area (Å²) in [4.78, 5) is 9.47. The lowest BCUT2D eigenvalue weighted by molar-refractivity contribution is 0.221. The number of hydrogen-bond donors (Lipinski definition) is 0. The Bertz CT molecular complexity index is 624. The van der Waals surface area contributed by atoms with Gasteiger partial charge < -0.3 is 4.57 Å². The van der Waals surface area contributed by atoms with Crippen molar-refractivity contribution < 1.29 is 0 Å². The minimum absolute atomic E-state index is 0.516. The first-order valence-corrected chi connectivity index (χ1v) is 8.51. The maximum Gasteiger partial charge on any atom is 0.160 e. The van der Waals surface area contributed by atoms with Crippen LogP contribution in [0.3, 0.4) is 0 Å². The van der Waals surface area contributed by atoms with E-state index in [1.807, 2.05) is 6.20 Å². The minimum atomic E-state index is 0.516. The molecule has 3 nitrogen and oxygen atoms in total. The summed E-state index contributed by atoms with van der Waals surface area (Å²) in [7, 11) is 0. The molecule has 0 saturated heterocycles. The van der Waals surface area contributed by atoms with Crippen molar-refractivity contribution >= 4 is 22.8 Å². The minimum Gasteiger partial charge on any atom is -0.310 e. The Labute approximate surface area is 131 Å². The molecule has 0 spiro atoms. The number of aryl methyl sites for hydroxylation is 2. The van der Waals surface area contributed by atoms with Gasteiger partial charge in [-0.1, -0.05) is 13.8 Å². The van der Waals surface area contributed by atoms with Gasteiger partial charge in [-0.05, 0) is 49.7 Å². The van der Waals surface area contributed by atoms with Gasteiger partial charge in [0.05, 0.1) is 0 Å². The zero-order chi connectivity index (χ0) is 15.0. The van der Waals surface area contributed by atoms with Gasteiger partial charge in [-0.2, -0.15) is 0 Å². The average Bonchev–Trinajstić information content (AvgIpc) is 2.75. The molecule has 114 valence electrons. The first kappa shape index (κ1) is 14.8. The second-order valence-electron chi connectivity index (χ2n) is 6.76. The molecule has 2 aromatic heterocycles. The van der Waals surface area contributed by atoms with Crippen molar-refractivity contribution in [3.05, 3.63) is 23.7 Å². The molecule has 2 unspecified atom stereocenters. The quantitative estimate of drug-likeness (QED) is 0.781. The van der Waals surface area contributed by atoms with Crippen LogP contribution in [-0.2, 0) is 6.42 Å². The molecule has 1 fully saturated rings. The molecular weight excluding hydrogens is 282 g/mol. The zero-order valence-corrected chi connectivity index (χ0v) is 13.9. The van der Waals surface area contributed by atoms with E-state index in [-0.39, 0.29) is 0 Å². The third-order valence-electron chi connectivity index (χ3n) is 4.58. The van der Waals surface area contributed by atoms with Crippen LogP contribution in [0, 0.1) is 18.8 Å². The van der Waals surface area contributed by atoms with Gasteiger partial charge in [0.15, 0.2) is 5.65 Å². The number of halogens is 1. The fourth-order valence-corrected chi connectivity index (χ4v) is 4.06. The highest BCUT2D eigenvalue weighted by molar-refractivity contribution is 6.17. The topological polar surface area (TPSA) is 30.7 Å². The lowest BCUT2D eigenvalue weighted by atomic mass is 9.80. The highest BCUT2D eigenvalue weighted by Crippen LogP contribution is 2.38. The molecule has 2 atom stereocenters. The third-order valence-corrected chi connectivity index (χ3v) is 4.77. The highest BCUT2D eigenvalue weighted by atomic mass is 35.5. The SMILES string of the molecule is Cc1cnc2c(c1)nc(CCCl)n2C1CC(C)CC(C)C1. The van der Waals surface area contributed by atoms with Crippen molar-refractivity contribution in [2.75, 3.05) is 5.88 Å². The molecule has 1 aliphatic carbocycles. The molecule has 3 rings (SSSR count). The summed E-state index contributed by atoms with van der Waals surface area (Å²) in [6, 6.07) is 2.65. The number of rotatable bonds is 3. The summed E-state index contributed by atoms with van der Waals surface area (Å²) < 4.78 is 2.38. The number of fused-ring (bicyclic) bond motifs is 1. The fraction of sp³-hybridized carbons (Fsp3) is 0.647. The number of nitrogens with zero attached hydrogens (tertiary/aromatic N) is 3. The molecule has 0 aromatic carbocycles. The Hall–Kier alpha value is -1.09. The van der Waals surface area contributed by atoms with Gasteiger partial charge in [-0.25, -0.2) is 9.97 Å². The van der Waals surface area contributed by atoms with Crippen molar-refractivity contribution in [2.24, 2.45) is 11.8 Å². The first-order chi connectivity index (χ1) is 10.1. The molecule has 0 aliphatic heterocycles. The van der Waals surface area contributed by atoms with Crippen LogP contribution in [0.2, 0.25) is 0 Å². The van der Waals surface area contributed by atoms with Gasteiger partial charge in [-0.15, -0.1) is 11.6 Å². The summed E-state index contributed by atoms with van der Waals surface area (Å²) in [6.45, 7) is 6.79. The van der Waals surface area contributed by atoms with Gasteiger partial charge in [0.25, 0.3) is 0 Å². The zero-order valence-electron chi connectivity index (χ0n) is 13.1. The number of imidazole rings is 1. The molecule has 0 N–H and O–H groups in total. The molecule has 0 radical (unpaired) electrons. The van der Waals surface area contributed by atoms with Crippen LogP contribution in [0.5, 0.6) is 0 Å². The Morgan fingerprint density at radius 2 is 1.95 bits per heavy atom. The van der Waals surface area contributed by atoms with Crippen LogP contribution < -0.4 is 0 Å². The number of alkyl halides is 1. The van der Waals surface area contributed by atoms with Gasteiger partial charge in [0.2, 0.25) is 0 Å². The summed E-state index contributed by atoms with van der Waals surface area (Å²) >= 11 is 5.99. The summed E-state index contributed by atoms with van der Waals surface area (Å²) in [5.41, 5.74) is 3.21. The number of aromatic nitrogens is 3. The third kappa shape index (κ3) is 2.94. The molecule has 0 bridgehead atoms. The van der Waals surface area contributed by atoms with E-state index >= 15 is 0 Å². The van der Waals surface area contributed by atoms with Crippen molar-refractivity contribution in [3.63, 3.8) is 0 Å². The van der Waals surface area contributed by atoms with Crippen molar-refractivity contribution in [2.45, 2.75) is 52.5 Å². The molecule has 2 aromatic rings. The van der Waals surface area contributed by atoms with E-state index in [2.05, 4.69) is 36.4 Å².